The molecule has 2 aromatic heterocycles. The van der Waals surface area contributed by atoms with E-state index in [-0.39, 0.29) is 5.91 Å². The standard InChI is InChI=1S/C22H17N3O2/c1-27-16-7-3-13(4-8-16)2-6-15-10-18-14(11-23-15)5-9-17-20-19(25-21(17)18)12-24-22(20)26/h2-11,25H,12H2,1H3,(H,24,26). The fourth-order valence-electron chi connectivity index (χ4n) is 3.59. The molecule has 1 aliphatic heterocycles. The number of nitrogens with one attached hydrogen (secondary N) is 2. The van der Waals surface area contributed by atoms with Gasteiger partial charge in [-0.15, -0.1) is 0 Å². The lowest BCUT2D eigenvalue weighted by molar-refractivity contribution is 0.0967. The number of aromatic amines is 1. The van der Waals surface area contributed by atoms with Crippen molar-refractivity contribution in [2.45, 2.75) is 6.54 Å². The minimum absolute atomic E-state index is 0.00992. The van der Waals surface area contributed by atoms with Gasteiger partial charge in [0, 0.05) is 28.0 Å². The lowest BCUT2D eigenvalue weighted by Crippen LogP contribution is -2.13. The zero-order valence-electron chi connectivity index (χ0n) is 14.7. The maximum atomic E-state index is 12.1. The Labute approximate surface area is 155 Å². The van der Waals surface area contributed by atoms with E-state index in [0.29, 0.717) is 6.54 Å². The molecule has 5 nitrogen and oxygen atoms in total. The van der Waals surface area contributed by atoms with Crippen LogP contribution in [0.25, 0.3) is 33.8 Å². The summed E-state index contributed by atoms with van der Waals surface area (Å²) in [5.74, 6) is 0.825. The maximum absolute atomic E-state index is 12.1. The van der Waals surface area contributed by atoms with Crippen LogP contribution in [0.15, 0.2) is 48.7 Å². The van der Waals surface area contributed by atoms with Crippen LogP contribution >= 0.6 is 0 Å². The van der Waals surface area contributed by atoms with Gasteiger partial charge in [-0.2, -0.15) is 0 Å². The molecule has 4 aromatic rings. The van der Waals surface area contributed by atoms with Crippen molar-refractivity contribution < 1.29 is 9.53 Å². The number of pyridine rings is 1. The van der Waals surface area contributed by atoms with Gasteiger partial charge in [0.15, 0.2) is 0 Å². The van der Waals surface area contributed by atoms with Gasteiger partial charge in [0.2, 0.25) is 0 Å². The summed E-state index contributed by atoms with van der Waals surface area (Å²) >= 11 is 0. The average Bonchev–Trinajstić information content (AvgIpc) is 3.26. The molecule has 0 fully saturated rings. The smallest absolute Gasteiger partial charge is 0.254 e. The normalized spacial score (nSPS) is 13.4. The van der Waals surface area contributed by atoms with Crippen molar-refractivity contribution in [1.82, 2.24) is 15.3 Å². The molecule has 0 aliphatic carbocycles. The molecule has 0 saturated carbocycles. The highest BCUT2D eigenvalue weighted by Crippen LogP contribution is 2.31. The number of carbonyl (C=O) groups is 1. The van der Waals surface area contributed by atoms with Crippen molar-refractivity contribution in [1.29, 1.82) is 0 Å². The van der Waals surface area contributed by atoms with Crippen molar-refractivity contribution in [3.8, 4) is 5.75 Å². The van der Waals surface area contributed by atoms with Crippen molar-refractivity contribution in [3.05, 3.63) is 71.2 Å². The van der Waals surface area contributed by atoms with E-state index in [0.717, 1.165) is 49.9 Å². The molecule has 0 atom stereocenters. The first-order valence-corrected chi connectivity index (χ1v) is 8.76. The lowest BCUT2D eigenvalue weighted by atomic mass is 10.1. The molecular formula is C22H17N3O2. The van der Waals surface area contributed by atoms with Gasteiger partial charge in [0.1, 0.15) is 5.75 Å². The van der Waals surface area contributed by atoms with Crippen molar-refractivity contribution in [2.24, 2.45) is 0 Å². The monoisotopic (exact) mass is 355 g/mol. The Hall–Kier alpha value is -3.60. The number of benzene rings is 2. The molecule has 27 heavy (non-hydrogen) atoms. The van der Waals surface area contributed by atoms with E-state index in [9.17, 15) is 4.79 Å². The average molecular weight is 355 g/mol. The zero-order chi connectivity index (χ0) is 18.4. The second kappa shape index (κ2) is 5.99. The first-order chi connectivity index (χ1) is 13.2. The van der Waals surface area contributed by atoms with Crippen molar-refractivity contribution >= 4 is 39.7 Å². The van der Waals surface area contributed by atoms with Crippen LogP contribution in [0.4, 0.5) is 0 Å². The van der Waals surface area contributed by atoms with E-state index in [1.807, 2.05) is 54.7 Å². The third-order valence-corrected chi connectivity index (χ3v) is 4.99. The van der Waals surface area contributed by atoms with Crippen LogP contribution in [-0.2, 0) is 6.54 Å². The van der Waals surface area contributed by atoms with Crippen LogP contribution in [0.3, 0.4) is 0 Å². The molecule has 5 rings (SSSR count). The van der Waals surface area contributed by atoms with E-state index < -0.39 is 0 Å². The first-order valence-electron chi connectivity index (χ1n) is 8.76. The van der Waals surface area contributed by atoms with Crippen LogP contribution in [0.5, 0.6) is 5.75 Å². The molecule has 0 saturated heterocycles. The van der Waals surface area contributed by atoms with Gasteiger partial charge in [-0.05, 0) is 29.8 Å². The second-order valence-corrected chi connectivity index (χ2v) is 6.59. The summed E-state index contributed by atoms with van der Waals surface area (Å²) in [6.07, 6.45) is 5.88. The molecule has 1 aliphatic rings. The summed E-state index contributed by atoms with van der Waals surface area (Å²) in [6.45, 7) is 0.555. The zero-order valence-corrected chi connectivity index (χ0v) is 14.7. The maximum Gasteiger partial charge on any atom is 0.254 e. The summed E-state index contributed by atoms with van der Waals surface area (Å²) in [5.41, 5.74) is 4.65. The number of ether oxygens (including phenoxy) is 1. The number of hydrogen-bond acceptors (Lipinski definition) is 3. The molecule has 0 unspecified atom stereocenters. The van der Waals surface area contributed by atoms with Crippen molar-refractivity contribution in [2.75, 3.05) is 7.11 Å². The Morgan fingerprint density at radius 2 is 1.93 bits per heavy atom. The number of nitrogens with zero attached hydrogens (tertiary/aromatic N) is 1. The molecule has 0 radical (unpaired) electrons. The Morgan fingerprint density at radius 3 is 2.74 bits per heavy atom. The van der Waals surface area contributed by atoms with Gasteiger partial charge in [-0.3, -0.25) is 9.78 Å². The van der Waals surface area contributed by atoms with E-state index in [1.54, 1.807) is 7.11 Å². The van der Waals surface area contributed by atoms with Gasteiger partial charge < -0.3 is 15.0 Å². The van der Waals surface area contributed by atoms with Crippen LogP contribution in [0.2, 0.25) is 0 Å². The molecule has 5 heteroatoms. The quantitative estimate of drug-likeness (QED) is 0.580. The number of H-pyrrole nitrogens is 1. The fraction of sp³-hybridized carbons (Fsp3) is 0.0909. The predicted molar refractivity (Wildman–Crippen MR) is 107 cm³/mol. The summed E-state index contributed by atoms with van der Waals surface area (Å²) in [6, 6.07) is 13.9. The predicted octanol–water partition coefficient (Wildman–Crippen LogP) is 4.14. The highest BCUT2D eigenvalue weighted by Gasteiger charge is 2.24. The minimum Gasteiger partial charge on any atom is -0.497 e. The molecule has 2 N–H and O–H groups in total. The number of rotatable bonds is 3. The van der Waals surface area contributed by atoms with E-state index in [1.165, 1.54) is 0 Å². The number of hydrogen-bond donors (Lipinski definition) is 2. The highest BCUT2D eigenvalue weighted by atomic mass is 16.5. The Balaban J connectivity index is 1.57. The molecule has 2 aromatic carbocycles. The Kier molecular flexibility index (Phi) is 3.47. The number of carbonyl (C=O) groups excluding carboxylic acids is 1. The summed E-state index contributed by atoms with van der Waals surface area (Å²) < 4.78 is 5.19. The number of aromatic nitrogens is 2. The Bertz CT molecular complexity index is 1220. The van der Waals surface area contributed by atoms with Gasteiger partial charge in [-0.25, -0.2) is 0 Å². The number of fused-ring (bicyclic) bond motifs is 5. The van der Waals surface area contributed by atoms with E-state index in [2.05, 4.69) is 21.4 Å². The first kappa shape index (κ1) is 15.6. The lowest BCUT2D eigenvalue weighted by Gasteiger charge is -2.03. The summed E-state index contributed by atoms with van der Waals surface area (Å²) in [4.78, 5) is 20.0. The number of amides is 1. The molecule has 1 amide bonds. The Morgan fingerprint density at radius 1 is 1.07 bits per heavy atom. The van der Waals surface area contributed by atoms with Crippen LogP contribution < -0.4 is 10.1 Å². The van der Waals surface area contributed by atoms with E-state index >= 15 is 0 Å². The van der Waals surface area contributed by atoms with Gasteiger partial charge in [0.25, 0.3) is 5.91 Å². The third-order valence-electron chi connectivity index (χ3n) is 4.99. The SMILES string of the molecule is COc1ccc(C=Cc2cc3c(ccc4c5c([nH]c43)CNC5=O)cn2)cc1. The molecule has 3 heterocycles. The molecular weight excluding hydrogens is 338 g/mol. The molecule has 0 bridgehead atoms. The van der Waals surface area contributed by atoms with Crippen molar-refractivity contribution in [3.63, 3.8) is 0 Å². The van der Waals surface area contributed by atoms with Crippen LogP contribution in [-0.4, -0.2) is 23.0 Å². The van der Waals surface area contributed by atoms with E-state index in [4.69, 9.17) is 4.74 Å². The topological polar surface area (TPSA) is 67.0 Å². The van der Waals surface area contributed by atoms with Gasteiger partial charge in [-0.1, -0.05) is 30.3 Å². The van der Waals surface area contributed by atoms with Crippen LogP contribution in [0.1, 0.15) is 27.3 Å². The third kappa shape index (κ3) is 2.56. The molecule has 132 valence electrons. The van der Waals surface area contributed by atoms with Gasteiger partial charge >= 0.3 is 0 Å². The number of methoxy groups -OCH3 is 1. The largest absolute Gasteiger partial charge is 0.497 e. The fourth-order valence-corrected chi connectivity index (χ4v) is 3.59. The van der Waals surface area contributed by atoms with Crippen LogP contribution in [0, 0.1) is 0 Å². The van der Waals surface area contributed by atoms with Gasteiger partial charge in [0.05, 0.1) is 30.4 Å². The summed E-state index contributed by atoms with van der Waals surface area (Å²) in [7, 11) is 1.66. The highest BCUT2D eigenvalue weighted by molar-refractivity contribution is 6.16. The molecule has 0 spiro atoms. The second-order valence-electron chi connectivity index (χ2n) is 6.59. The minimum atomic E-state index is -0.00992. The summed E-state index contributed by atoms with van der Waals surface area (Å²) in [5, 5.41) is 5.94.